The lowest BCUT2D eigenvalue weighted by Crippen LogP contribution is -2.28. The molecule has 0 amide bonds. The minimum absolute atomic E-state index is 0.0486. The van der Waals surface area contributed by atoms with E-state index < -0.39 is 19.3 Å². The number of carbonyl (C=O) groups is 2. The Bertz CT molecular complexity index is 923. The molecule has 3 rings (SSSR count). The van der Waals surface area contributed by atoms with Crippen molar-refractivity contribution >= 4 is 24.4 Å². The molecule has 28 heavy (non-hydrogen) atoms. The maximum atomic E-state index is 13.8. The Kier molecular flexibility index (Phi) is 6.32. The molecule has 0 fully saturated rings. The summed E-state index contributed by atoms with van der Waals surface area (Å²) in [5, 5.41) is 0.577. The van der Waals surface area contributed by atoms with E-state index in [1.807, 2.05) is 30.3 Å². The number of carbonyl (C=O) groups excluding carboxylic acids is 2. The van der Waals surface area contributed by atoms with Crippen LogP contribution in [0.25, 0.3) is 11.1 Å². The summed E-state index contributed by atoms with van der Waals surface area (Å²) in [5.74, 6) is -0.970. The normalized spacial score (nSPS) is 18.4. The van der Waals surface area contributed by atoms with Crippen LogP contribution in [0.15, 0.2) is 48.5 Å². The van der Waals surface area contributed by atoms with Crippen LogP contribution < -0.4 is 9.83 Å². The Hall–Kier alpha value is -2.43. The average molecular weight is 402 g/mol. The van der Waals surface area contributed by atoms with Crippen LogP contribution in [-0.2, 0) is 23.6 Å². The quantitative estimate of drug-likeness (QED) is 0.382. The SMILES string of the molecule is COCCOC(=O)CC(CP1(=O)Oc2ccccc2-c2ccccc21)C(C)=O. The molecule has 6 nitrogen and oxygen atoms in total. The maximum Gasteiger partial charge on any atom is 0.306 e. The Labute approximate surface area is 164 Å². The molecule has 2 atom stereocenters. The summed E-state index contributed by atoms with van der Waals surface area (Å²) >= 11 is 0. The Morgan fingerprint density at radius 1 is 1.04 bits per heavy atom. The molecule has 1 heterocycles. The van der Waals surface area contributed by atoms with Crippen LogP contribution >= 0.6 is 7.37 Å². The van der Waals surface area contributed by atoms with E-state index in [4.69, 9.17) is 14.0 Å². The molecule has 0 bridgehead atoms. The Morgan fingerprint density at radius 3 is 2.43 bits per heavy atom. The molecule has 0 aliphatic carbocycles. The predicted octanol–water partition coefficient (Wildman–Crippen LogP) is 3.43. The van der Waals surface area contributed by atoms with Crippen LogP contribution in [0, 0.1) is 5.92 Å². The zero-order valence-corrected chi connectivity index (χ0v) is 16.8. The fraction of sp³-hybridized carbons (Fsp3) is 0.333. The lowest BCUT2D eigenvalue weighted by atomic mass is 10.0. The molecule has 0 saturated carbocycles. The van der Waals surface area contributed by atoms with Gasteiger partial charge in [-0.05, 0) is 24.6 Å². The summed E-state index contributed by atoms with van der Waals surface area (Å²) in [4.78, 5) is 24.2. The van der Waals surface area contributed by atoms with Gasteiger partial charge in [0.15, 0.2) is 0 Å². The summed E-state index contributed by atoms with van der Waals surface area (Å²) in [6.07, 6.45) is -0.191. The average Bonchev–Trinajstić information content (AvgIpc) is 2.68. The van der Waals surface area contributed by atoms with Gasteiger partial charge in [0.25, 0.3) is 7.37 Å². The number of esters is 1. The lowest BCUT2D eigenvalue weighted by Gasteiger charge is -2.30. The number of ketones is 1. The molecular formula is C21H23O6P. The van der Waals surface area contributed by atoms with E-state index in [0.29, 0.717) is 11.1 Å². The Balaban J connectivity index is 1.86. The maximum absolute atomic E-state index is 13.8. The molecule has 2 aromatic carbocycles. The van der Waals surface area contributed by atoms with Crippen LogP contribution in [0.3, 0.4) is 0 Å². The number of hydrogen-bond donors (Lipinski definition) is 0. The van der Waals surface area contributed by atoms with Crippen molar-refractivity contribution in [1.29, 1.82) is 0 Å². The number of para-hydroxylation sites is 1. The van der Waals surface area contributed by atoms with Gasteiger partial charge in [-0.3, -0.25) is 14.2 Å². The highest BCUT2D eigenvalue weighted by Gasteiger charge is 2.39. The van der Waals surface area contributed by atoms with Gasteiger partial charge in [-0.2, -0.15) is 0 Å². The Morgan fingerprint density at radius 2 is 1.71 bits per heavy atom. The zero-order chi connectivity index (χ0) is 20.1. The summed E-state index contributed by atoms with van der Waals surface area (Å²) in [5.41, 5.74) is 1.69. The van der Waals surface area contributed by atoms with Crippen molar-refractivity contribution in [2.24, 2.45) is 5.92 Å². The van der Waals surface area contributed by atoms with E-state index >= 15 is 0 Å². The molecule has 2 unspecified atom stereocenters. The summed E-state index contributed by atoms with van der Waals surface area (Å²) < 4.78 is 29.7. The largest absolute Gasteiger partial charge is 0.463 e. The monoisotopic (exact) mass is 402 g/mol. The van der Waals surface area contributed by atoms with Gasteiger partial charge >= 0.3 is 5.97 Å². The first-order chi connectivity index (χ1) is 13.4. The minimum atomic E-state index is -3.39. The topological polar surface area (TPSA) is 78.9 Å². The smallest absolute Gasteiger partial charge is 0.306 e. The molecule has 0 aromatic heterocycles. The number of Topliss-reactive ketones (excluding diaryl/α,β-unsaturated/α-hetero) is 1. The minimum Gasteiger partial charge on any atom is -0.463 e. The van der Waals surface area contributed by atoms with E-state index in [2.05, 4.69) is 0 Å². The van der Waals surface area contributed by atoms with Gasteiger partial charge in [-0.1, -0.05) is 36.4 Å². The molecule has 148 valence electrons. The number of ether oxygens (including phenoxy) is 2. The fourth-order valence-corrected chi connectivity index (χ4v) is 5.93. The number of methoxy groups -OCH3 is 1. The van der Waals surface area contributed by atoms with E-state index in [-0.39, 0.29) is 31.6 Å². The second-order valence-corrected chi connectivity index (χ2v) is 9.06. The molecular weight excluding hydrogens is 379 g/mol. The zero-order valence-electron chi connectivity index (χ0n) is 15.9. The van der Waals surface area contributed by atoms with Crippen LogP contribution in [0.5, 0.6) is 5.75 Å². The molecule has 1 aliphatic heterocycles. The van der Waals surface area contributed by atoms with Crippen LogP contribution in [-0.4, -0.2) is 38.2 Å². The number of rotatable bonds is 8. The van der Waals surface area contributed by atoms with Crippen LogP contribution in [0.4, 0.5) is 0 Å². The van der Waals surface area contributed by atoms with Gasteiger partial charge in [0, 0.05) is 24.8 Å². The van der Waals surface area contributed by atoms with Crippen molar-refractivity contribution < 1.29 is 28.2 Å². The van der Waals surface area contributed by atoms with Crippen molar-refractivity contribution in [3.63, 3.8) is 0 Å². The van der Waals surface area contributed by atoms with Gasteiger partial charge in [-0.25, -0.2) is 0 Å². The molecule has 7 heteroatoms. The number of benzene rings is 2. The van der Waals surface area contributed by atoms with Crippen molar-refractivity contribution in [3.05, 3.63) is 48.5 Å². The van der Waals surface area contributed by atoms with Gasteiger partial charge in [0.2, 0.25) is 0 Å². The molecule has 0 N–H and O–H groups in total. The van der Waals surface area contributed by atoms with Crippen LogP contribution in [0.1, 0.15) is 13.3 Å². The first-order valence-corrected chi connectivity index (χ1v) is 10.9. The molecule has 0 radical (unpaired) electrons. The van der Waals surface area contributed by atoms with E-state index in [1.54, 1.807) is 18.2 Å². The van der Waals surface area contributed by atoms with Crippen molar-refractivity contribution in [2.75, 3.05) is 26.5 Å². The number of fused-ring (bicyclic) bond motifs is 3. The first-order valence-electron chi connectivity index (χ1n) is 9.07. The van der Waals surface area contributed by atoms with Gasteiger partial charge < -0.3 is 14.0 Å². The van der Waals surface area contributed by atoms with Gasteiger partial charge in [0.1, 0.15) is 18.1 Å². The highest BCUT2D eigenvalue weighted by Crippen LogP contribution is 2.55. The van der Waals surface area contributed by atoms with Crippen molar-refractivity contribution in [3.8, 4) is 16.9 Å². The summed E-state index contributed by atoms with van der Waals surface area (Å²) in [6, 6.07) is 14.7. The second-order valence-electron chi connectivity index (χ2n) is 6.69. The van der Waals surface area contributed by atoms with Gasteiger partial charge in [-0.15, -0.1) is 0 Å². The van der Waals surface area contributed by atoms with Gasteiger partial charge in [0.05, 0.1) is 18.3 Å². The van der Waals surface area contributed by atoms with Crippen molar-refractivity contribution in [2.45, 2.75) is 13.3 Å². The van der Waals surface area contributed by atoms with E-state index in [9.17, 15) is 14.2 Å². The molecule has 0 spiro atoms. The molecule has 2 aromatic rings. The van der Waals surface area contributed by atoms with E-state index in [0.717, 1.165) is 11.1 Å². The number of hydrogen-bond acceptors (Lipinski definition) is 6. The van der Waals surface area contributed by atoms with Crippen molar-refractivity contribution in [1.82, 2.24) is 0 Å². The first kappa shape index (κ1) is 20.3. The molecule has 1 aliphatic rings. The predicted molar refractivity (Wildman–Crippen MR) is 106 cm³/mol. The molecule has 0 saturated heterocycles. The standard InChI is InChI=1S/C21H23O6P/c1-15(22)16(13-21(23)26-12-11-25-2)14-28(24)20-10-6-4-8-18(20)17-7-3-5-9-19(17)27-28/h3-10,16H,11-14H2,1-2H3. The highest BCUT2D eigenvalue weighted by molar-refractivity contribution is 7.67. The second kappa shape index (κ2) is 8.72. The third-order valence-corrected chi connectivity index (χ3v) is 7.23. The summed E-state index contributed by atoms with van der Waals surface area (Å²) in [7, 11) is -1.88. The third-order valence-electron chi connectivity index (χ3n) is 4.69. The third kappa shape index (κ3) is 4.34. The fourth-order valence-electron chi connectivity index (χ4n) is 3.24. The highest BCUT2D eigenvalue weighted by atomic mass is 31.2. The van der Waals surface area contributed by atoms with Crippen LogP contribution in [0.2, 0.25) is 0 Å². The van der Waals surface area contributed by atoms with E-state index in [1.165, 1.54) is 14.0 Å². The lowest BCUT2D eigenvalue weighted by molar-refractivity contribution is -0.147. The summed E-state index contributed by atoms with van der Waals surface area (Å²) in [6.45, 7) is 1.79.